The molecule has 13 heavy (non-hydrogen) atoms. The minimum Gasteiger partial charge on any atom is -0.299 e. The maximum Gasteiger partial charge on any atom is 0.142 e. The fourth-order valence-electron chi connectivity index (χ4n) is 1.07. The van der Waals surface area contributed by atoms with Crippen LogP contribution in [0.15, 0.2) is 24.3 Å². The normalized spacial score (nSPS) is 12.5. The molecule has 1 rings (SSSR count). The zero-order valence-corrected chi connectivity index (χ0v) is 10.0. The van der Waals surface area contributed by atoms with Gasteiger partial charge in [0.1, 0.15) is 5.78 Å². The number of carbonyl (C=O) groups excluding carboxylic acids is 1. The van der Waals surface area contributed by atoms with E-state index >= 15 is 0 Å². The second-order valence-electron chi connectivity index (χ2n) is 3.27. The number of ketones is 1. The van der Waals surface area contributed by atoms with E-state index in [0.717, 1.165) is 6.42 Å². The van der Waals surface area contributed by atoms with E-state index < -0.39 is 0 Å². The van der Waals surface area contributed by atoms with E-state index in [1.165, 1.54) is 11.1 Å². The smallest absolute Gasteiger partial charge is 0.142 e. The minimum atomic E-state index is 0.111. The highest BCUT2D eigenvalue weighted by Crippen LogP contribution is 2.12. The number of carbonyl (C=O) groups is 1. The summed E-state index contributed by atoms with van der Waals surface area (Å²) in [5, 5.41) is 0. The van der Waals surface area contributed by atoms with Crippen LogP contribution < -0.4 is 0 Å². The van der Waals surface area contributed by atoms with Crippen LogP contribution in [0.1, 0.15) is 18.1 Å². The van der Waals surface area contributed by atoms with Gasteiger partial charge in [0.05, 0.1) is 3.92 Å². The largest absolute Gasteiger partial charge is 0.299 e. The van der Waals surface area contributed by atoms with Crippen LogP contribution in [0.2, 0.25) is 0 Å². The van der Waals surface area contributed by atoms with Crippen LogP contribution in [-0.4, -0.2) is 9.71 Å². The lowest BCUT2D eigenvalue weighted by molar-refractivity contribution is -0.116. The molecule has 70 valence electrons. The SMILES string of the molecule is CC(=O)[C@@H](I)Cc1ccc(C)cc1. The van der Waals surface area contributed by atoms with Gasteiger partial charge in [0.2, 0.25) is 0 Å². The van der Waals surface area contributed by atoms with E-state index in [4.69, 9.17) is 0 Å². The van der Waals surface area contributed by atoms with Crippen LogP contribution in [0.25, 0.3) is 0 Å². The second kappa shape index (κ2) is 4.74. The summed E-state index contributed by atoms with van der Waals surface area (Å²) in [6.45, 7) is 3.71. The molecule has 0 aromatic heterocycles. The molecule has 0 unspecified atom stereocenters. The molecule has 0 spiro atoms. The molecule has 0 N–H and O–H groups in total. The monoisotopic (exact) mass is 288 g/mol. The van der Waals surface area contributed by atoms with Crippen LogP contribution in [-0.2, 0) is 11.2 Å². The molecule has 0 radical (unpaired) electrons. The molecule has 0 saturated carbocycles. The van der Waals surface area contributed by atoms with Crippen LogP contribution in [0, 0.1) is 6.92 Å². The third kappa shape index (κ3) is 3.46. The number of Topliss-reactive ketones (excluding diaryl/α,β-unsaturated/α-hetero) is 1. The fraction of sp³-hybridized carbons (Fsp3) is 0.364. The Morgan fingerprint density at radius 1 is 1.38 bits per heavy atom. The first-order chi connectivity index (χ1) is 6.09. The van der Waals surface area contributed by atoms with E-state index in [-0.39, 0.29) is 9.71 Å². The highest BCUT2D eigenvalue weighted by atomic mass is 127. The first kappa shape index (κ1) is 10.7. The number of hydrogen-bond acceptors (Lipinski definition) is 1. The van der Waals surface area contributed by atoms with Crippen molar-refractivity contribution in [2.45, 2.75) is 24.2 Å². The molecule has 0 bridgehead atoms. The summed E-state index contributed by atoms with van der Waals surface area (Å²) in [5.41, 5.74) is 2.50. The molecule has 0 aliphatic rings. The van der Waals surface area contributed by atoms with Crippen molar-refractivity contribution >= 4 is 28.4 Å². The molecular weight excluding hydrogens is 275 g/mol. The summed E-state index contributed by atoms with van der Waals surface area (Å²) >= 11 is 2.19. The van der Waals surface area contributed by atoms with Gasteiger partial charge in [-0.25, -0.2) is 0 Å². The zero-order valence-electron chi connectivity index (χ0n) is 7.88. The van der Waals surface area contributed by atoms with Crippen molar-refractivity contribution in [3.05, 3.63) is 35.4 Å². The van der Waals surface area contributed by atoms with E-state index in [2.05, 4.69) is 53.8 Å². The van der Waals surface area contributed by atoms with E-state index in [1.807, 2.05) is 0 Å². The lowest BCUT2D eigenvalue weighted by Crippen LogP contribution is -2.12. The summed E-state index contributed by atoms with van der Waals surface area (Å²) in [7, 11) is 0. The lowest BCUT2D eigenvalue weighted by Gasteiger charge is -2.05. The first-order valence-corrected chi connectivity index (χ1v) is 5.54. The molecule has 0 aliphatic heterocycles. The van der Waals surface area contributed by atoms with Crippen molar-refractivity contribution in [1.82, 2.24) is 0 Å². The Balaban J connectivity index is 2.64. The van der Waals surface area contributed by atoms with Crippen molar-refractivity contribution in [3.8, 4) is 0 Å². The Bertz CT molecular complexity index is 289. The lowest BCUT2D eigenvalue weighted by atomic mass is 10.1. The van der Waals surface area contributed by atoms with Gasteiger partial charge in [-0.1, -0.05) is 52.4 Å². The summed E-state index contributed by atoms with van der Waals surface area (Å²) in [4.78, 5) is 11.0. The predicted molar refractivity (Wildman–Crippen MR) is 63.4 cm³/mol. The molecule has 1 atom stereocenters. The van der Waals surface area contributed by atoms with E-state index in [9.17, 15) is 4.79 Å². The molecule has 0 fully saturated rings. The first-order valence-electron chi connectivity index (χ1n) is 4.29. The number of aryl methyl sites for hydroxylation is 1. The van der Waals surface area contributed by atoms with Gasteiger partial charge >= 0.3 is 0 Å². The molecule has 0 amide bonds. The number of rotatable bonds is 3. The maximum atomic E-state index is 11.0. The predicted octanol–water partition coefficient (Wildman–Crippen LogP) is 2.93. The van der Waals surface area contributed by atoms with Crippen LogP contribution >= 0.6 is 22.6 Å². The highest BCUT2D eigenvalue weighted by Gasteiger charge is 2.09. The number of alkyl halides is 1. The number of halogens is 1. The quantitative estimate of drug-likeness (QED) is 0.617. The van der Waals surface area contributed by atoms with Crippen LogP contribution in [0.3, 0.4) is 0 Å². The molecule has 2 heteroatoms. The Hall–Kier alpha value is -0.380. The van der Waals surface area contributed by atoms with Crippen molar-refractivity contribution < 1.29 is 4.79 Å². The molecule has 0 heterocycles. The van der Waals surface area contributed by atoms with Gasteiger partial charge < -0.3 is 0 Å². The number of hydrogen-bond donors (Lipinski definition) is 0. The van der Waals surface area contributed by atoms with Gasteiger partial charge in [-0.2, -0.15) is 0 Å². The topological polar surface area (TPSA) is 17.1 Å². The van der Waals surface area contributed by atoms with Gasteiger partial charge in [-0.05, 0) is 25.8 Å². The summed E-state index contributed by atoms with van der Waals surface area (Å²) in [6.07, 6.45) is 0.843. The second-order valence-corrected chi connectivity index (χ2v) is 4.77. The maximum absolute atomic E-state index is 11.0. The standard InChI is InChI=1S/C11H13IO/c1-8-3-5-10(6-4-8)7-11(12)9(2)13/h3-6,11H,7H2,1-2H3/t11-/m0/s1. The van der Waals surface area contributed by atoms with E-state index in [0.29, 0.717) is 0 Å². The molecule has 1 nitrogen and oxygen atoms in total. The number of benzene rings is 1. The fourth-order valence-corrected chi connectivity index (χ4v) is 1.58. The Kier molecular flexibility index (Phi) is 3.90. The average Bonchev–Trinajstić information content (AvgIpc) is 2.08. The average molecular weight is 288 g/mol. The van der Waals surface area contributed by atoms with E-state index in [1.54, 1.807) is 6.92 Å². The Morgan fingerprint density at radius 2 is 1.92 bits per heavy atom. The van der Waals surface area contributed by atoms with Crippen LogP contribution in [0.4, 0.5) is 0 Å². The Morgan fingerprint density at radius 3 is 2.38 bits per heavy atom. The van der Waals surface area contributed by atoms with Crippen LogP contribution in [0.5, 0.6) is 0 Å². The van der Waals surface area contributed by atoms with Gasteiger partial charge in [0, 0.05) is 0 Å². The van der Waals surface area contributed by atoms with Crippen molar-refractivity contribution in [1.29, 1.82) is 0 Å². The summed E-state index contributed by atoms with van der Waals surface area (Å²) in [6, 6.07) is 8.34. The molecule has 1 aromatic carbocycles. The molecule has 1 aromatic rings. The zero-order chi connectivity index (χ0) is 9.84. The Labute approximate surface area is 92.7 Å². The van der Waals surface area contributed by atoms with Gasteiger partial charge in [-0.3, -0.25) is 4.79 Å². The molecular formula is C11H13IO. The summed E-state index contributed by atoms with van der Waals surface area (Å²) < 4.78 is 0.111. The highest BCUT2D eigenvalue weighted by molar-refractivity contribution is 14.1. The molecule has 0 aliphatic carbocycles. The van der Waals surface area contributed by atoms with Crippen molar-refractivity contribution in [2.24, 2.45) is 0 Å². The van der Waals surface area contributed by atoms with Gasteiger partial charge in [0.15, 0.2) is 0 Å². The minimum absolute atomic E-state index is 0.111. The third-order valence-corrected chi connectivity index (χ3v) is 3.29. The van der Waals surface area contributed by atoms with Gasteiger partial charge in [0.25, 0.3) is 0 Å². The van der Waals surface area contributed by atoms with Crippen molar-refractivity contribution in [3.63, 3.8) is 0 Å². The molecule has 0 saturated heterocycles. The third-order valence-electron chi connectivity index (χ3n) is 1.98. The van der Waals surface area contributed by atoms with Gasteiger partial charge in [-0.15, -0.1) is 0 Å². The summed E-state index contributed by atoms with van der Waals surface area (Å²) in [5.74, 6) is 0.251. The van der Waals surface area contributed by atoms with Crippen molar-refractivity contribution in [2.75, 3.05) is 0 Å².